The Kier molecular flexibility index (Phi) is 5.56. The van der Waals surface area contributed by atoms with Crippen LogP contribution in [0, 0.1) is 0 Å². The van der Waals surface area contributed by atoms with E-state index in [1.165, 1.54) is 46.0 Å². The maximum atomic E-state index is 12.9. The summed E-state index contributed by atoms with van der Waals surface area (Å²) < 4.78 is 71.7. The first-order chi connectivity index (χ1) is 14.2. The van der Waals surface area contributed by atoms with Crippen LogP contribution in [0.5, 0.6) is 5.19 Å². The van der Waals surface area contributed by atoms with Gasteiger partial charge >= 0.3 is 6.18 Å². The van der Waals surface area contributed by atoms with Gasteiger partial charge in [-0.05, 0) is 41.8 Å². The zero-order valence-corrected chi connectivity index (χ0v) is 17.2. The highest BCUT2D eigenvalue weighted by Gasteiger charge is 2.34. The van der Waals surface area contributed by atoms with Gasteiger partial charge in [-0.1, -0.05) is 35.6 Å². The number of alkyl halides is 3. The zero-order chi connectivity index (χ0) is 21.4. The Bertz CT molecular complexity index is 1110. The Morgan fingerprint density at radius 3 is 2.53 bits per heavy atom. The molecule has 3 aromatic rings. The van der Waals surface area contributed by atoms with Crippen molar-refractivity contribution in [3.8, 4) is 16.3 Å². The highest BCUT2D eigenvalue weighted by molar-refractivity contribution is 7.89. The van der Waals surface area contributed by atoms with Crippen molar-refractivity contribution in [3.63, 3.8) is 0 Å². The molecule has 4 rings (SSSR count). The summed E-state index contributed by atoms with van der Waals surface area (Å²) in [5, 5.41) is 2.29. The number of sulfonamides is 1. The summed E-state index contributed by atoms with van der Waals surface area (Å²) in [6.45, 7) is 0.547. The molecule has 1 aliphatic heterocycles. The second-order valence-corrected chi connectivity index (χ2v) is 9.59. The molecule has 1 atom stereocenters. The predicted octanol–water partition coefficient (Wildman–Crippen LogP) is 4.67. The molecule has 1 aromatic heterocycles. The fourth-order valence-corrected chi connectivity index (χ4v) is 5.30. The number of hydrogen-bond donors (Lipinski definition) is 0. The van der Waals surface area contributed by atoms with E-state index in [0.29, 0.717) is 29.3 Å². The van der Waals surface area contributed by atoms with Gasteiger partial charge in [0.05, 0.1) is 17.0 Å². The predicted molar refractivity (Wildman–Crippen MR) is 107 cm³/mol. The van der Waals surface area contributed by atoms with Gasteiger partial charge in [0.1, 0.15) is 6.10 Å². The Labute approximate surface area is 175 Å². The molecule has 158 valence electrons. The van der Waals surface area contributed by atoms with Gasteiger partial charge in [-0.3, -0.25) is 0 Å². The summed E-state index contributed by atoms with van der Waals surface area (Å²) >= 11 is 1.35. The van der Waals surface area contributed by atoms with Crippen LogP contribution in [-0.2, 0) is 16.2 Å². The van der Waals surface area contributed by atoms with E-state index in [0.717, 1.165) is 12.1 Å². The average molecular weight is 454 g/mol. The van der Waals surface area contributed by atoms with Crippen molar-refractivity contribution >= 4 is 21.4 Å². The fraction of sp³-hybridized carbons (Fsp3) is 0.250. The number of ether oxygens (including phenoxy) is 1. The molecule has 1 unspecified atom stereocenters. The number of nitrogens with zero attached hydrogens (tertiary/aromatic N) is 2. The first-order valence-electron chi connectivity index (χ1n) is 9.07. The molecule has 2 aromatic carbocycles. The van der Waals surface area contributed by atoms with Crippen LogP contribution < -0.4 is 4.74 Å². The zero-order valence-electron chi connectivity index (χ0n) is 15.5. The first kappa shape index (κ1) is 20.8. The van der Waals surface area contributed by atoms with Gasteiger partial charge in [0.2, 0.25) is 10.0 Å². The number of thiazole rings is 1. The van der Waals surface area contributed by atoms with Crippen molar-refractivity contribution < 1.29 is 26.3 Å². The standard InChI is InChI=1S/C20H17F3N2O3S2/c21-20(22,23)16-3-1-2-15(12-16)14-4-6-18(7-5-14)30(26,27)25-10-8-17(13-25)28-19-24-9-11-29-19/h1-7,9,11-12,17H,8,10,13H2. The minimum absolute atomic E-state index is 0.0909. The van der Waals surface area contributed by atoms with Crippen molar-refractivity contribution in [2.75, 3.05) is 13.1 Å². The summed E-state index contributed by atoms with van der Waals surface area (Å²) in [6.07, 6.45) is -2.53. The Hall–Kier alpha value is -2.43. The number of benzene rings is 2. The summed E-state index contributed by atoms with van der Waals surface area (Å²) in [4.78, 5) is 4.13. The monoisotopic (exact) mass is 454 g/mol. The lowest BCUT2D eigenvalue weighted by molar-refractivity contribution is -0.137. The van der Waals surface area contributed by atoms with Crippen LogP contribution in [0.25, 0.3) is 11.1 Å². The topological polar surface area (TPSA) is 59.5 Å². The van der Waals surface area contributed by atoms with E-state index in [1.807, 2.05) is 0 Å². The van der Waals surface area contributed by atoms with Crippen molar-refractivity contribution in [1.82, 2.24) is 9.29 Å². The van der Waals surface area contributed by atoms with Crippen LogP contribution >= 0.6 is 11.3 Å². The van der Waals surface area contributed by atoms with Crippen molar-refractivity contribution in [3.05, 3.63) is 65.7 Å². The van der Waals surface area contributed by atoms with Gasteiger partial charge in [-0.2, -0.15) is 17.5 Å². The molecule has 0 N–H and O–H groups in total. The van der Waals surface area contributed by atoms with Crippen LogP contribution in [0.3, 0.4) is 0 Å². The van der Waals surface area contributed by atoms with E-state index in [1.54, 1.807) is 17.6 Å². The molecule has 0 amide bonds. The maximum Gasteiger partial charge on any atom is 0.416 e. The number of halogens is 3. The molecule has 1 saturated heterocycles. The molecular weight excluding hydrogens is 437 g/mol. The Balaban J connectivity index is 1.50. The third kappa shape index (κ3) is 4.35. The molecule has 0 radical (unpaired) electrons. The van der Waals surface area contributed by atoms with E-state index >= 15 is 0 Å². The van der Waals surface area contributed by atoms with Gasteiger partial charge in [0.15, 0.2) is 0 Å². The normalized spacial score (nSPS) is 17.9. The van der Waals surface area contributed by atoms with E-state index in [2.05, 4.69) is 4.98 Å². The fourth-order valence-electron chi connectivity index (χ4n) is 3.27. The minimum atomic E-state index is -4.44. The SMILES string of the molecule is O=S(=O)(c1ccc(-c2cccc(C(F)(F)F)c2)cc1)N1CCC(Oc2nccs2)C1. The average Bonchev–Trinajstić information content (AvgIpc) is 3.40. The third-order valence-corrected chi connectivity index (χ3v) is 7.34. The molecular formula is C20H17F3N2O3S2. The van der Waals surface area contributed by atoms with Crippen LogP contribution in [0.1, 0.15) is 12.0 Å². The number of rotatable bonds is 5. The Morgan fingerprint density at radius 1 is 1.10 bits per heavy atom. The molecule has 0 bridgehead atoms. The molecule has 1 fully saturated rings. The van der Waals surface area contributed by atoms with Crippen LogP contribution in [-0.4, -0.2) is 36.9 Å². The highest BCUT2D eigenvalue weighted by Crippen LogP contribution is 2.33. The van der Waals surface area contributed by atoms with Crippen LogP contribution in [0.15, 0.2) is 65.0 Å². The largest absolute Gasteiger partial charge is 0.465 e. The second-order valence-electron chi connectivity index (χ2n) is 6.79. The Morgan fingerprint density at radius 2 is 1.87 bits per heavy atom. The number of aromatic nitrogens is 1. The quantitative estimate of drug-likeness (QED) is 0.562. The highest BCUT2D eigenvalue weighted by atomic mass is 32.2. The molecule has 1 aliphatic rings. The first-order valence-corrected chi connectivity index (χ1v) is 11.4. The van der Waals surface area contributed by atoms with Gasteiger partial charge in [-0.15, -0.1) is 0 Å². The molecule has 0 saturated carbocycles. The van der Waals surface area contributed by atoms with Crippen molar-refractivity contribution in [2.45, 2.75) is 23.6 Å². The molecule has 0 spiro atoms. The molecule has 0 aliphatic carbocycles. The third-order valence-electron chi connectivity index (χ3n) is 4.80. The lowest BCUT2D eigenvalue weighted by Crippen LogP contribution is -2.31. The second kappa shape index (κ2) is 8.01. The maximum absolute atomic E-state index is 12.9. The smallest absolute Gasteiger partial charge is 0.416 e. The molecule has 2 heterocycles. The van der Waals surface area contributed by atoms with Gasteiger partial charge in [0, 0.05) is 18.1 Å². The summed E-state index contributed by atoms with van der Waals surface area (Å²) in [7, 11) is -3.72. The van der Waals surface area contributed by atoms with E-state index in [9.17, 15) is 21.6 Å². The summed E-state index contributed by atoms with van der Waals surface area (Å²) in [5.41, 5.74) is 0.123. The van der Waals surface area contributed by atoms with E-state index in [4.69, 9.17) is 4.74 Å². The van der Waals surface area contributed by atoms with Crippen molar-refractivity contribution in [1.29, 1.82) is 0 Å². The van der Waals surface area contributed by atoms with E-state index in [-0.39, 0.29) is 17.5 Å². The molecule has 5 nitrogen and oxygen atoms in total. The van der Waals surface area contributed by atoms with Crippen LogP contribution in [0.4, 0.5) is 13.2 Å². The van der Waals surface area contributed by atoms with Crippen molar-refractivity contribution in [2.24, 2.45) is 0 Å². The number of hydrogen-bond acceptors (Lipinski definition) is 5. The summed E-state index contributed by atoms with van der Waals surface area (Å²) in [5.74, 6) is 0. The van der Waals surface area contributed by atoms with Gasteiger partial charge in [-0.25, -0.2) is 13.4 Å². The lowest BCUT2D eigenvalue weighted by Gasteiger charge is -2.17. The lowest BCUT2D eigenvalue weighted by atomic mass is 10.0. The summed E-state index contributed by atoms with van der Waals surface area (Å²) in [6, 6.07) is 10.8. The van der Waals surface area contributed by atoms with Gasteiger partial charge in [0.25, 0.3) is 5.19 Å². The van der Waals surface area contributed by atoms with E-state index < -0.39 is 21.8 Å². The molecule has 30 heavy (non-hydrogen) atoms. The van der Waals surface area contributed by atoms with Crippen LogP contribution in [0.2, 0.25) is 0 Å². The molecule has 10 heteroatoms. The minimum Gasteiger partial charge on any atom is -0.465 e. The van der Waals surface area contributed by atoms with Gasteiger partial charge < -0.3 is 4.74 Å².